The SMILES string of the molecule is CCNS(=O)(=O)c1ccc(CCC(=O)N(Cc2ccccc2)C(C)C(=O)NCCC2=CCCCC2)cc1. The summed E-state index contributed by atoms with van der Waals surface area (Å²) in [5, 5.41) is 3.02. The zero-order chi connectivity index (χ0) is 26.7. The average molecular weight is 526 g/mol. The second-order valence-electron chi connectivity index (χ2n) is 9.48. The number of rotatable bonds is 13. The van der Waals surface area contributed by atoms with Gasteiger partial charge in [0.15, 0.2) is 0 Å². The molecule has 1 aliphatic carbocycles. The van der Waals surface area contributed by atoms with Gasteiger partial charge in [0.25, 0.3) is 0 Å². The number of amides is 2. The number of benzene rings is 2. The lowest BCUT2D eigenvalue weighted by atomic mass is 9.97. The fourth-order valence-corrected chi connectivity index (χ4v) is 5.53. The van der Waals surface area contributed by atoms with E-state index in [0.29, 0.717) is 26.1 Å². The Balaban J connectivity index is 1.62. The third kappa shape index (κ3) is 8.83. The van der Waals surface area contributed by atoms with Crippen LogP contribution in [-0.2, 0) is 32.6 Å². The van der Waals surface area contributed by atoms with Gasteiger partial charge in [0.2, 0.25) is 21.8 Å². The van der Waals surface area contributed by atoms with Crippen molar-refractivity contribution in [2.24, 2.45) is 0 Å². The lowest BCUT2D eigenvalue weighted by Gasteiger charge is -2.29. The zero-order valence-electron chi connectivity index (χ0n) is 21.9. The van der Waals surface area contributed by atoms with Gasteiger partial charge in [0, 0.05) is 26.1 Å². The first-order chi connectivity index (χ1) is 17.8. The fourth-order valence-electron chi connectivity index (χ4n) is 4.49. The molecule has 0 aromatic heterocycles. The van der Waals surface area contributed by atoms with Gasteiger partial charge in [0.05, 0.1) is 4.90 Å². The molecule has 0 spiro atoms. The number of carbonyl (C=O) groups is 2. The molecule has 0 bridgehead atoms. The average Bonchev–Trinajstić information content (AvgIpc) is 2.91. The van der Waals surface area contributed by atoms with Crippen LogP contribution in [0.25, 0.3) is 0 Å². The van der Waals surface area contributed by atoms with Crippen molar-refractivity contribution < 1.29 is 18.0 Å². The molecule has 0 heterocycles. The van der Waals surface area contributed by atoms with E-state index in [2.05, 4.69) is 16.1 Å². The summed E-state index contributed by atoms with van der Waals surface area (Å²) in [5.41, 5.74) is 3.22. The third-order valence-electron chi connectivity index (χ3n) is 6.69. The molecule has 1 atom stereocenters. The van der Waals surface area contributed by atoms with E-state index in [1.54, 1.807) is 43.0 Å². The second kappa shape index (κ2) is 14.1. The van der Waals surface area contributed by atoms with Gasteiger partial charge in [-0.05, 0) is 68.7 Å². The maximum Gasteiger partial charge on any atom is 0.242 e. The molecule has 2 amide bonds. The van der Waals surface area contributed by atoms with Crippen LogP contribution in [0.15, 0.2) is 71.1 Å². The highest BCUT2D eigenvalue weighted by Crippen LogP contribution is 2.20. The maximum absolute atomic E-state index is 13.3. The lowest BCUT2D eigenvalue weighted by Crippen LogP contribution is -2.47. The van der Waals surface area contributed by atoms with E-state index in [-0.39, 0.29) is 23.1 Å². The highest BCUT2D eigenvalue weighted by atomic mass is 32.2. The molecule has 2 N–H and O–H groups in total. The van der Waals surface area contributed by atoms with Crippen LogP contribution in [0.4, 0.5) is 0 Å². The monoisotopic (exact) mass is 525 g/mol. The predicted molar refractivity (Wildman–Crippen MR) is 146 cm³/mol. The molecule has 0 radical (unpaired) electrons. The topological polar surface area (TPSA) is 95.6 Å². The van der Waals surface area contributed by atoms with E-state index in [1.807, 2.05) is 30.3 Å². The highest BCUT2D eigenvalue weighted by Gasteiger charge is 2.26. The predicted octanol–water partition coefficient (Wildman–Crippen LogP) is 4.34. The zero-order valence-corrected chi connectivity index (χ0v) is 22.7. The smallest absolute Gasteiger partial charge is 0.242 e. The Bertz CT molecular complexity index is 1160. The summed E-state index contributed by atoms with van der Waals surface area (Å²) in [6, 6.07) is 15.6. The fraction of sp³-hybridized carbons (Fsp3) is 0.448. The molecule has 2 aromatic carbocycles. The first-order valence-electron chi connectivity index (χ1n) is 13.2. The number of nitrogens with one attached hydrogen (secondary N) is 2. The molecular weight excluding hydrogens is 486 g/mol. The summed E-state index contributed by atoms with van der Waals surface area (Å²) in [5.74, 6) is -0.274. The Labute approximate surface area is 221 Å². The Morgan fingerprint density at radius 2 is 1.70 bits per heavy atom. The van der Waals surface area contributed by atoms with Crippen LogP contribution in [0, 0.1) is 0 Å². The van der Waals surface area contributed by atoms with Crippen molar-refractivity contribution in [3.63, 3.8) is 0 Å². The number of aryl methyl sites for hydroxylation is 1. The number of allylic oxidation sites excluding steroid dienone is 1. The first-order valence-corrected chi connectivity index (χ1v) is 14.7. The molecule has 2 aromatic rings. The largest absolute Gasteiger partial charge is 0.354 e. The Morgan fingerprint density at radius 3 is 2.35 bits per heavy atom. The Morgan fingerprint density at radius 1 is 0.973 bits per heavy atom. The van der Waals surface area contributed by atoms with Gasteiger partial charge in [-0.2, -0.15) is 0 Å². The van der Waals surface area contributed by atoms with Gasteiger partial charge in [-0.15, -0.1) is 0 Å². The molecule has 37 heavy (non-hydrogen) atoms. The van der Waals surface area contributed by atoms with Crippen LogP contribution in [0.5, 0.6) is 0 Å². The van der Waals surface area contributed by atoms with E-state index < -0.39 is 16.1 Å². The maximum atomic E-state index is 13.3. The molecule has 200 valence electrons. The minimum absolute atomic E-state index is 0.120. The molecule has 0 aliphatic heterocycles. The molecule has 0 saturated heterocycles. The molecule has 1 aliphatic rings. The van der Waals surface area contributed by atoms with Gasteiger partial charge in [0.1, 0.15) is 6.04 Å². The van der Waals surface area contributed by atoms with E-state index in [9.17, 15) is 18.0 Å². The van der Waals surface area contributed by atoms with Crippen LogP contribution in [0.2, 0.25) is 0 Å². The van der Waals surface area contributed by atoms with Gasteiger partial charge in [-0.3, -0.25) is 9.59 Å². The van der Waals surface area contributed by atoms with E-state index in [0.717, 1.165) is 30.4 Å². The summed E-state index contributed by atoms with van der Waals surface area (Å²) in [6.45, 7) is 4.74. The van der Waals surface area contributed by atoms with Gasteiger partial charge >= 0.3 is 0 Å². The standard InChI is InChI=1S/C29H39N3O4S/c1-3-31-37(35,36)27-17-14-25(15-18-27)16-19-28(33)32(22-26-12-8-5-9-13-26)23(2)29(34)30-21-20-24-10-6-4-7-11-24/h5,8-10,12-15,17-18,23,31H,3-4,6-7,11,16,19-22H2,1-2H3,(H,30,34). The molecule has 7 nitrogen and oxygen atoms in total. The van der Waals surface area contributed by atoms with Crippen molar-refractivity contribution in [1.29, 1.82) is 0 Å². The van der Waals surface area contributed by atoms with Crippen molar-refractivity contribution in [1.82, 2.24) is 14.9 Å². The van der Waals surface area contributed by atoms with Crippen molar-refractivity contribution in [2.75, 3.05) is 13.1 Å². The summed E-state index contributed by atoms with van der Waals surface area (Å²) in [6.07, 6.45) is 8.48. The molecule has 0 fully saturated rings. The summed E-state index contributed by atoms with van der Waals surface area (Å²) in [4.78, 5) is 28.2. The minimum Gasteiger partial charge on any atom is -0.354 e. The lowest BCUT2D eigenvalue weighted by molar-refractivity contribution is -0.140. The number of carbonyl (C=O) groups excluding carboxylic acids is 2. The normalized spacial score (nSPS) is 14.5. The summed E-state index contributed by atoms with van der Waals surface area (Å²) < 4.78 is 26.8. The van der Waals surface area contributed by atoms with Crippen LogP contribution in [-0.4, -0.2) is 44.3 Å². The van der Waals surface area contributed by atoms with E-state index >= 15 is 0 Å². The van der Waals surface area contributed by atoms with Crippen molar-refractivity contribution in [2.45, 2.75) is 76.3 Å². The minimum atomic E-state index is -3.52. The van der Waals surface area contributed by atoms with Gasteiger partial charge < -0.3 is 10.2 Å². The molecule has 1 unspecified atom stereocenters. The van der Waals surface area contributed by atoms with Crippen LogP contribution < -0.4 is 10.0 Å². The highest BCUT2D eigenvalue weighted by molar-refractivity contribution is 7.89. The summed E-state index contributed by atoms with van der Waals surface area (Å²) in [7, 11) is -3.52. The van der Waals surface area contributed by atoms with Crippen LogP contribution in [0.1, 0.15) is 63.5 Å². The van der Waals surface area contributed by atoms with Crippen molar-refractivity contribution in [3.05, 3.63) is 77.4 Å². The molecular formula is C29H39N3O4S. The van der Waals surface area contributed by atoms with Crippen molar-refractivity contribution in [3.8, 4) is 0 Å². The summed E-state index contributed by atoms with van der Waals surface area (Å²) >= 11 is 0. The van der Waals surface area contributed by atoms with Gasteiger partial charge in [-0.1, -0.05) is 61.0 Å². The van der Waals surface area contributed by atoms with E-state index in [4.69, 9.17) is 0 Å². The quantitative estimate of drug-likeness (QED) is 0.380. The van der Waals surface area contributed by atoms with Crippen LogP contribution >= 0.6 is 0 Å². The van der Waals surface area contributed by atoms with E-state index in [1.165, 1.54) is 18.4 Å². The van der Waals surface area contributed by atoms with Crippen LogP contribution in [0.3, 0.4) is 0 Å². The van der Waals surface area contributed by atoms with Crippen molar-refractivity contribution >= 4 is 21.8 Å². The number of sulfonamides is 1. The Kier molecular flexibility index (Phi) is 10.9. The Hall–Kier alpha value is -2.97. The number of nitrogens with zero attached hydrogens (tertiary/aromatic N) is 1. The number of hydrogen-bond acceptors (Lipinski definition) is 4. The third-order valence-corrected chi connectivity index (χ3v) is 8.25. The first kappa shape index (κ1) is 28.6. The number of hydrogen-bond donors (Lipinski definition) is 2. The molecule has 8 heteroatoms. The molecule has 0 saturated carbocycles. The molecule has 3 rings (SSSR count). The second-order valence-corrected chi connectivity index (χ2v) is 11.2. The van der Waals surface area contributed by atoms with Gasteiger partial charge in [-0.25, -0.2) is 13.1 Å².